The quantitative estimate of drug-likeness (QED) is 0.0290. The number of aryl methyl sites for hydroxylation is 1. The Morgan fingerprint density at radius 2 is 1.31 bits per heavy atom. The third-order valence-corrected chi connectivity index (χ3v) is 9.90. The second-order valence-corrected chi connectivity index (χ2v) is 13.6. The Hall–Kier alpha value is -8.03. The maximum absolute atomic E-state index is 14.8. The highest BCUT2D eigenvalue weighted by Crippen LogP contribution is 2.31. The van der Waals surface area contributed by atoms with Gasteiger partial charge in [0, 0.05) is 18.5 Å². The first-order chi connectivity index (χ1) is 29.5. The average Bonchev–Trinajstić information content (AvgIpc) is 4.08. The molecular formula is C41H42N10O10. The summed E-state index contributed by atoms with van der Waals surface area (Å²) in [5.41, 5.74) is -0.581. The molecule has 3 aromatic carbocycles. The molecule has 3 aromatic heterocycles. The lowest BCUT2D eigenvalue weighted by atomic mass is 9.81. The van der Waals surface area contributed by atoms with Crippen LogP contribution in [0.2, 0.25) is 0 Å². The van der Waals surface area contributed by atoms with E-state index in [0.717, 1.165) is 24.3 Å². The Kier molecular flexibility index (Phi) is 13.4. The van der Waals surface area contributed by atoms with E-state index in [-0.39, 0.29) is 47.7 Å². The van der Waals surface area contributed by atoms with E-state index in [9.17, 15) is 29.3 Å². The van der Waals surface area contributed by atoms with Gasteiger partial charge in [-0.05, 0) is 83.3 Å². The summed E-state index contributed by atoms with van der Waals surface area (Å²) in [6, 6.07) is 23.7. The van der Waals surface area contributed by atoms with Gasteiger partial charge in [-0.25, -0.2) is 4.79 Å². The lowest BCUT2D eigenvalue weighted by molar-refractivity contribution is -0.389. The van der Waals surface area contributed by atoms with E-state index in [1.54, 1.807) is 67.8 Å². The number of hydrogen-bond donors (Lipinski definition) is 6. The molecular weight excluding hydrogens is 793 g/mol. The monoisotopic (exact) mass is 834 g/mol. The largest absolute Gasteiger partial charge is 0.497 e. The summed E-state index contributed by atoms with van der Waals surface area (Å²) in [5, 5.41) is 38.9. The van der Waals surface area contributed by atoms with Crippen LogP contribution in [0.1, 0.15) is 60.3 Å². The predicted molar refractivity (Wildman–Crippen MR) is 217 cm³/mol. The van der Waals surface area contributed by atoms with E-state index in [1.165, 1.54) is 26.5 Å². The van der Waals surface area contributed by atoms with Gasteiger partial charge in [-0.1, -0.05) is 36.4 Å². The number of aromatic amines is 3. The first kappa shape index (κ1) is 42.6. The molecule has 3 heterocycles. The summed E-state index contributed by atoms with van der Waals surface area (Å²) in [6.45, 7) is 0. The van der Waals surface area contributed by atoms with Crippen LogP contribution in [0, 0.1) is 16.0 Å². The first-order valence-corrected chi connectivity index (χ1v) is 18.7. The normalized spacial score (nSPS) is 12.3. The SMILES string of the molecule is COC(=O)[C@](NC(=O)c1ccn[nH]1)(NC(=O)c1[nH]nc(Cc2ccc(OC)cc2)c1NC(=O)c1cc([N+](=O)[O-])n[nH]1)[C@H](CCc1ccc(OC)cc1)Cc1ccc(OC)cc1. The third-order valence-electron chi connectivity index (χ3n) is 9.90. The molecule has 0 aliphatic rings. The van der Waals surface area contributed by atoms with Crippen LogP contribution in [-0.2, 0) is 28.8 Å². The fourth-order valence-electron chi connectivity index (χ4n) is 6.63. The number of carbonyl (C=O) groups excluding carboxylic acids is 4. The van der Waals surface area contributed by atoms with Gasteiger partial charge in [-0.3, -0.25) is 24.6 Å². The highest BCUT2D eigenvalue weighted by molar-refractivity contribution is 6.09. The molecule has 2 atom stereocenters. The zero-order valence-corrected chi connectivity index (χ0v) is 33.4. The number of nitrogens with one attached hydrogen (secondary N) is 6. The number of nitrogens with zero attached hydrogens (tertiary/aromatic N) is 4. The molecule has 0 fully saturated rings. The summed E-state index contributed by atoms with van der Waals surface area (Å²) in [6.07, 6.45) is 2.11. The second kappa shape index (κ2) is 19.1. The van der Waals surface area contributed by atoms with Crippen LogP contribution in [0.25, 0.3) is 0 Å². The molecule has 0 saturated heterocycles. The van der Waals surface area contributed by atoms with Crippen molar-refractivity contribution in [2.24, 2.45) is 5.92 Å². The highest BCUT2D eigenvalue weighted by Gasteiger charge is 2.50. The second-order valence-electron chi connectivity index (χ2n) is 13.6. The van der Waals surface area contributed by atoms with Crippen molar-refractivity contribution in [2.45, 2.75) is 31.3 Å². The lowest BCUT2D eigenvalue weighted by Crippen LogP contribution is -2.70. The summed E-state index contributed by atoms with van der Waals surface area (Å²) < 4.78 is 21.3. The molecule has 6 rings (SSSR count). The van der Waals surface area contributed by atoms with Crippen molar-refractivity contribution in [3.05, 3.63) is 141 Å². The van der Waals surface area contributed by atoms with Crippen molar-refractivity contribution in [3.63, 3.8) is 0 Å². The molecule has 3 amide bonds. The molecule has 0 saturated carbocycles. The molecule has 316 valence electrons. The van der Waals surface area contributed by atoms with Crippen LogP contribution in [0.5, 0.6) is 17.2 Å². The van der Waals surface area contributed by atoms with Crippen LogP contribution < -0.4 is 30.2 Å². The lowest BCUT2D eigenvalue weighted by Gasteiger charge is -2.39. The van der Waals surface area contributed by atoms with E-state index >= 15 is 0 Å². The number of benzene rings is 3. The van der Waals surface area contributed by atoms with Crippen molar-refractivity contribution < 1.29 is 43.0 Å². The Morgan fingerprint density at radius 3 is 1.85 bits per heavy atom. The van der Waals surface area contributed by atoms with Crippen LogP contribution in [0.4, 0.5) is 11.5 Å². The van der Waals surface area contributed by atoms with Crippen molar-refractivity contribution >= 4 is 35.2 Å². The number of nitro groups is 1. The van der Waals surface area contributed by atoms with Gasteiger partial charge >= 0.3 is 11.8 Å². The van der Waals surface area contributed by atoms with Crippen LogP contribution in [0.15, 0.2) is 91.1 Å². The molecule has 0 aliphatic carbocycles. The van der Waals surface area contributed by atoms with Crippen molar-refractivity contribution in [2.75, 3.05) is 33.8 Å². The average molecular weight is 835 g/mol. The van der Waals surface area contributed by atoms with E-state index in [2.05, 4.69) is 46.5 Å². The predicted octanol–water partition coefficient (Wildman–Crippen LogP) is 4.15. The Balaban J connectivity index is 1.45. The van der Waals surface area contributed by atoms with Gasteiger partial charge in [-0.15, -0.1) is 0 Å². The molecule has 0 radical (unpaired) electrons. The summed E-state index contributed by atoms with van der Waals surface area (Å²) >= 11 is 0. The fourth-order valence-corrected chi connectivity index (χ4v) is 6.63. The number of esters is 1. The maximum Gasteiger partial charge on any atom is 0.390 e. The van der Waals surface area contributed by atoms with Gasteiger partial charge < -0.3 is 45.0 Å². The minimum absolute atomic E-state index is 0.0224. The summed E-state index contributed by atoms with van der Waals surface area (Å²) in [5.74, 6) is -3.41. The van der Waals surface area contributed by atoms with Gasteiger partial charge in [0.05, 0.1) is 51.0 Å². The summed E-state index contributed by atoms with van der Waals surface area (Å²) in [4.78, 5) is 67.5. The zero-order valence-electron chi connectivity index (χ0n) is 33.4. The molecule has 0 unspecified atom stereocenters. The molecule has 20 heteroatoms. The standard InChI is InChI=1S/C41H42N10O10/c1-58-28-13-6-24(7-14-28)5-12-27(21-25-8-15-29(59-2)16-9-25)41(40(55)61-4,44-38(53)31-19-20-42-46-31)45-39(54)36-35(43-37(52)33-23-34(49-48-33)51(56)57)32(47-50-36)22-26-10-17-30(60-3)18-11-26/h6-11,13-20,23,27H,5,12,21-22H2,1-4H3,(H,42,46)(H,43,52)(H,44,53)(H,45,54)(H,47,50)(H,48,49)/t27-,41-/m1/s1. The first-order valence-electron chi connectivity index (χ1n) is 18.7. The highest BCUT2D eigenvalue weighted by atomic mass is 16.6. The van der Waals surface area contributed by atoms with Crippen molar-refractivity contribution in [1.29, 1.82) is 0 Å². The molecule has 0 spiro atoms. The van der Waals surface area contributed by atoms with Gasteiger partial charge in [0.2, 0.25) is 5.66 Å². The van der Waals surface area contributed by atoms with Crippen molar-refractivity contribution in [3.8, 4) is 17.2 Å². The topological polar surface area (TPSA) is 270 Å². The van der Waals surface area contributed by atoms with E-state index < -0.39 is 46.0 Å². The number of hydrogen-bond acceptors (Lipinski definition) is 13. The van der Waals surface area contributed by atoms with E-state index in [4.69, 9.17) is 18.9 Å². The number of anilines is 1. The smallest absolute Gasteiger partial charge is 0.390 e. The van der Waals surface area contributed by atoms with E-state index in [0.29, 0.717) is 29.2 Å². The van der Waals surface area contributed by atoms with Crippen LogP contribution >= 0.6 is 0 Å². The number of H-pyrrole nitrogens is 3. The zero-order chi connectivity index (χ0) is 43.5. The fraction of sp³-hybridized carbons (Fsp3) is 0.244. The number of carbonyl (C=O) groups is 4. The minimum atomic E-state index is -2.30. The van der Waals surface area contributed by atoms with Crippen LogP contribution in [0.3, 0.4) is 0 Å². The van der Waals surface area contributed by atoms with Gasteiger partial charge in [0.1, 0.15) is 28.6 Å². The number of aromatic nitrogens is 6. The molecule has 20 nitrogen and oxygen atoms in total. The number of ether oxygens (including phenoxy) is 4. The molecule has 6 N–H and O–H groups in total. The Morgan fingerprint density at radius 1 is 0.721 bits per heavy atom. The van der Waals surface area contributed by atoms with E-state index in [1.807, 2.05) is 12.1 Å². The molecule has 0 aliphatic heterocycles. The number of amides is 3. The maximum atomic E-state index is 14.8. The van der Waals surface area contributed by atoms with Gasteiger partial charge in [0.25, 0.3) is 17.7 Å². The van der Waals surface area contributed by atoms with Crippen molar-refractivity contribution in [1.82, 2.24) is 41.2 Å². The molecule has 61 heavy (non-hydrogen) atoms. The Labute approximate surface area is 347 Å². The Bertz CT molecular complexity index is 2470. The van der Waals surface area contributed by atoms with Gasteiger partial charge in [-0.2, -0.15) is 15.3 Å². The molecule has 6 aromatic rings. The number of rotatable bonds is 19. The van der Waals surface area contributed by atoms with Crippen LogP contribution in [-0.4, -0.2) is 93.3 Å². The van der Waals surface area contributed by atoms with Gasteiger partial charge in [0.15, 0.2) is 5.69 Å². The number of methoxy groups -OCH3 is 4. The molecule has 0 bridgehead atoms. The summed E-state index contributed by atoms with van der Waals surface area (Å²) in [7, 11) is 5.73. The minimum Gasteiger partial charge on any atom is -0.497 e. The third kappa shape index (κ3) is 9.99.